The molecule has 0 bridgehead atoms. The molecule has 3 nitrogen and oxygen atoms in total. The van der Waals surface area contributed by atoms with Crippen LogP contribution in [0.3, 0.4) is 0 Å². The lowest BCUT2D eigenvalue weighted by atomic mass is 9.77. The summed E-state index contributed by atoms with van der Waals surface area (Å²) in [5, 5.41) is 10.1. The number of rotatable bonds is 3. The van der Waals surface area contributed by atoms with Crippen molar-refractivity contribution >= 4 is 34.3 Å². The van der Waals surface area contributed by atoms with Crippen LogP contribution in [0.1, 0.15) is 40.9 Å². The van der Waals surface area contributed by atoms with E-state index < -0.39 is 12.7 Å². The molecule has 3 rings (SSSR count). The van der Waals surface area contributed by atoms with Crippen molar-refractivity contribution in [3.05, 3.63) is 63.1 Å². The number of carbonyl (C=O) groups excluding carboxylic acids is 1. The number of aryl methyl sites for hydroxylation is 1. The molecule has 0 spiro atoms. The van der Waals surface area contributed by atoms with Crippen molar-refractivity contribution < 1.29 is 14.5 Å². The van der Waals surface area contributed by atoms with Crippen LogP contribution in [0.25, 0.3) is 0 Å². The zero-order valence-corrected chi connectivity index (χ0v) is 15.0. The first-order valence-electron chi connectivity index (χ1n) is 7.56. The summed E-state index contributed by atoms with van der Waals surface area (Å²) in [4.78, 5) is 12.5. The molecule has 1 heterocycles. The monoisotopic (exact) mass is 372 g/mol. The lowest BCUT2D eigenvalue weighted by Crippen LogP contribution is -2.29. The number of hydrogen-bond donors (Lipinski definition) is 1. The van der Waals surface area contributed by atoms with E-state index >= 15 is 0 Å². The fraction of sp³-hybridized carbons (Fsp3) is 0.278. The van der Waals surface area contributed by atoms with Crippen LogP contribution < -0.4 is 5.46 Å². The predicted octanol–water partition coefficient (Wildman–Crippen LogP) is 3.14. The number of hydrogen-bond acceptors (Lipinski definition) is 3. The molecule has 1 N–H and O–H groups in total. The Labute approximate surface area is 145 Å². The van der Waals surface area contributed by atoms with Gasteiger partial charge in [-0.15, -0.1) is 0 Å². The zero-order chi connectivity index (χ0) is 16.8. The lowest BCUT2D eigenvalue weighted by Gasteiger charge is -2.19. The molecule has 23 heavy (non-hydrogen) atoms. The summed E-state index contributed by atoms with van der Waals surface area (Å²) < 4.78 is 6.53. The third-order valence-corrected chi connectivity index (χ3v) is 4.78. The highest BCUT2D eigenvalue weighted by atomic mass is 79.9. The van der Waals surface area contributed by atoms with Crippen molar-refractivity contribution in [2.45, 2.75) is 32.8 Å². The quantitative estimate of drug-likeness (QED) is 0.665. The molecule has 2 aromatic rings. The molecule has 5 heteroatoms. The van der Waals surface area contributed by atoms with E-state index in [2.05, 4.69) is 15.9 Å². The van der Waals surface area contributed by atoms with E-state index in [1.54, 1.807) is 0 Å². The molecule has 0 aromatic heterocycles. The molecule has 0 radical (unpaired) electrons. The van der Waals surface area contributed by atoms with Crippen molar-refractivity contribution in [3.8, 4) is 0 Å². The van der Waals surface area contributed by atoms with Crippen LogP contribution in [0.15, 0.2) is 40.9 Å². The first-order chi connectivity index (χ1) is 10.8. The minimum atomic E-state index is -0.926. The van der Waals surface area contributed by atoms with Crippen molar-refractivity contribution in [2.24, 2.45) is 0 Å². The van der Waals surface area contributed by atoms with Gasteiger partial charge in [-0.3, -0.25) is 4.79 Å². The number of benzene rings is 2. The second-order valence-corrected chi connectivity index (χ2v) is 7.38. The van der Waals surface area contributed by atoms with Crippen LogP contribution in [0, 0.1) is 6.92 Å². The molecule has 0 saturated carbocycles. The summed E-state index contributed by atoms with van der Waals surface area (Å²) in [5.74, 6) is 0.0719. The maximum atomic E-state index is 12.5. The van der Waals surface area contributed by atoms with E-state index in [1.807, 2.05) is 57.2 Å². The van der Waals surface area contributed by atoms with Gasteiger partial charge < -0.3 is 9.68 Å². The summed E-state index contributed by atoms with van der Waals surface area (Å²) >= 11 is 3.41. The fourth-order valence-corrected chi connectivity index (χ4v) is 3.58. The maximum absolute atomic E-state index is 12.5. The van der Waals surface area contributed by atoms with E-state index in [-0.39, 0.29) is 5.78 Å². The molecule has 1 aliphatic rings. The molecule has 2 aromatic carbocycles. The first-order valence-corrected chi connectivity index (χ1v) is 8.36. The largest absolute Gasteiger partial charge is 0.492 e. The molecule has 118 valence electrons. The van der Waals surface area contributed by atoms with Gasteiger partial charge in [0.1, 0.15) is 0 Å². The highest BCUT2D eigenvalue weighted by molar-refractivity contribution is 9.10. The SMILES string of the molecule is Cc1cc(Br)ccc1C(=O)Cc1ccc2c(c1)B(O)OC2(C)C. The van der Waals surface area contributed by atoms with Gasteiger partial charge in [0, 0.05) is 16.5 Å². The number of carbonyl (C=O) groups is 1. The number of ketones is 1. The second kappa shape index (κ2) is 5.89. The summed E-state index contributed by atoms with van der Waals surface area (Å²) in [6.45, 7) is 5.79. The van der Waals surface area contributed by atoms with Crippen LogP contribution >= 0.6 is 15.9 Å². The average Bonchev–Trinajstić information content (AvgIpc) is 2.68. The predicted molar refractivity (Wildman–Crippen MR) is 95.1 cm³/mol. The van der Waals surface area contributed by atoms with Gasteiger partial charge in [-0.25, -0.2) is 0 Å². The van der Waals surface area contributed by atoms with Gasteiger partial charge in [-0.2, -0.15) is 0 Å². The Kier molecular flexibility index (Phi) is 4.21. The Morgan fingerprint density at radius 3 is 2.70 bits per heavy atom. The van der Waals surface area contributed by atoms with Gasteiger partial charge >= 0.3 is 7.12 Å². The number of Topliss-reactive ketones (excluding diaryl/α,β-unsaturated/α-hetero) is 1. The van der Waals surface area contributed by atoms with Crippen molar-refractivity contribution in [1.29, 1.82) is 0 Å². The van der Waals surface area contributed by atoms with Crippen LogP contribution in [0.5, 0.6) is 0 Å². The lowest BCUT2D eigenvalue weighted by molar-refractivity contribution is 0.0990. The molecule has 0 aliphatic carbocycles. The van der Waals surface area contributed by atoms with E-state index in [0.29, 0.717) is 6.42 Å². The molecule has 0 atom stereocenters. The number of fused-ring (bicyclic) bond motifs is 1. The average molecular weight is 373 g/mol. The van der Waals surface area contributed by atoms with Crippen molar-refractivity contribution in [3.63, 3.8) is 0 Å². The Hall–Kier alpha value is -1.43. The van der Waals surface area contributed by atoms with Gasteiger partial charge in [0.25, 0.3) is 0 Å². The topological polar surface area (TPSA) is 46.5 Å². The third kappa shape index (κ3) is 3.14. The molecular formula is C18H18BBrO3. The van der Waals surface area contributed by atoms with E-state index in [4.69, 9.17) is 4.65 Å². The highest BCUT2D eigenvalue weighted by Crippen LogP contribution is 2.30. The van der Waals surface area contributed by atoms with E-state index in [1.165, 1.54) is 0 Å². The van der Waals surface area contributed by atoms with Crippen molar-refractivity contribution in [2.75, 3.05) is 0 Å². The van der Waals surface area contributed by atoms with Gasteiger partial charge in [0.05, 0.1) is 5.60 Å². The number of halogens is 1. The van der Waals surface area contributed by atoms with Gasteiger partial charge in [0.2, 0.25) is 0 Å². The Balaban J connectivity index is 1.87. The fourth-order valence-electron chi connectivity index (χ4n) is 3.10. The Morgan fingerprint density at radius 2 is 2.00 bits per heavy atom. The zero-order valence-electron chi connectivity index (χ0n) is 13.4. The highest BCUT2D eigenvalue weighted by Gasteiger charge is 2.40. The smallest absolute Gasteiger partial charge is 0.423 e. The van der Waals surface area contributed by atoms with Crippen LogP contribution in [-0.4, -0.2) is 17.9 Å². The van der Waals surface area contributed by atoms with Crippen LogP contribution in [-0.2, 0) is 16.7 Å². The van der Waals surface area contributed by atoms with Gasteiger partial charge in [-0.1, -0.05) is 40.2 Å². The minimum absolute atomic E-state index is 0.0719. The van der Waals surface area contributed by atoms with E-state index in [9.17, 15) is 9.82 Å². The summed E-state index contributed by atoms with van der Waals surface area (Å²) in [6, 6.07) is 11.4. The van der Waals surface area contributed by atoms with Gasteiger partial charge in [-0.05, 0) is 55.1 Å². The van der Waals surface area contributed by atoms with Crippen molar-refractivity contribution in [1.82, 2.24) is 0 Å². The molecule has 0 saturated heterocycles. The van der Waals surface area contributed by atoms with E-state index in [0.717, 1.165) is 32.2 Å². The molecule has 0 unspecified atom stereocenters. The molecule has 0 fully saturated rings. The summed E-state index contributed by atoms with van der Waals surface area (Å²) in [6.07, 6.45) is 0.308. The maximum Gasteiger partial charge on any atom is 0.492 e. The van der Waals surface area contributed by atoms with Gasteiger partial charge in [0.15, 0.2) is 5.78 Å². The summed E-state index contributed by atoms with van der Waals surface area (Å²) in [7, 11) is -0.926. The minimum Gasteiger partial charge on any atom is -0.423 e. The Bertz CT molecular complexity index is 786. The first kappa shape index (κ1) is 16.4. The van der Waals surface area contributed by atoms with Crippen LogP contribution in [0.4, 0.5) is 0 Å². The normalized spacial score (nSPS) is 15.6. The molecule has 1 aliphatic heterocycles. The third-order valence-electron chi connectivity index (χ3n) is 4.29. The summed E-state index contributed by atoms with van der Waals surface area (Å²) in [5.41, 5.74) is 3.80. The molecule has 0 amide bonds. The molecular weight excluding hydrogens is 355 g/mol. The Morgan fingerprint density at radius 1 is 1.26 bits per heavy atom. The second-order valence-electron chi connectivity index (χ2n) is 6.46. The standard InChI is InChI=1S/C18H18BBrO3/c1-11-8-13(20)5-6-14(11)17(21)10-12-4-7-15-16(9-12)19(22)23-18(15,2)3/h4-9,22H,10H2,1-3H3. The van der Waals surface area contributed by atoms with Crippen LogP contribution in [0.2, 0.25) is 0 Å².